The van der Waals surface area contributed by atoms with Gasteiger partial charge < -0.3 is 14.3 Å². The largest absolute Gasteiger partial charge is 2.00 e. The summed E-state index contributed by atoms with van der Waals surface area (Å²) in [7, 11) is 0. The van der Waals surface area contributed by atoms with Gasteiger partial charge in [0.25, 0.3) is 0 Å². The van der Waals surface area contributed by atoms with Crippen molar-refractivity contribution in [3.63, 3.8) is 0 Å². The fourth-order valence-electron chi connectivity index (χ4n) is 5.60. The van der Waals surface area contributed by atoms with Crippen LogP contribution in [0.2, 0.25) is 0 Å². The molecule has 0 aliphatic carbocycles. The molecule has 0 fully saturated rings. The van der Waals surface area contributed by atoms with E-state index in [0.29, 0.717) is 24.5 Å². The van der Waals surface area contributed by atoms with Crippen molar-refractivity contribution in [1.82, 2.24) is 29.5 Å². The molecule has 5 aromatic rings. The molecule has 0 amide bonds. The van der Waals surface area contributed by atoms with Gasteiger partial charge in [-0.15, -0.1) is 12.1 Å². The fourth-order valence-corrected chi connectivity index (χ4v) is 5.60. The van der Waals surface area contributed by atoms with Crippen LogP contribution in [0.4, 0.5) is 38.0 Å². The van der Waals surface area contributed by atoms with Gasteiger partial charge in [-0.25, -0.2) is 0 Å². The zero-order valence-electron chi connectivity index (χ0n) is 26.2. The van der Waals surface area contributed by atoms with Crippen molar-refractivity contribution in [2.45, 2.75) is 76.7 Å². The van der Waals surface area contributed by atoms with Gasteiger partial charge in [0.05, 0.1) is 28.6 Å². The molecule has 1 atom stereocenters. The van der Waals surface area contributed by atoms with Crippen molar-refractivity contribution < 1.29 is 47.4 Å². The van der Waals surface area contributed by atoms with E-state index in [9.17, 15) is 26.3 Å². The summed E-state index contributed by atoms with van der Waals surface area (Å²) in [6, 6.07) is 21.2. The van der Waals surface area contributed by atoms with Gasteiger partial charge in [0.1, 0.15) is 11.6 Å². The SMILES string of the molecule is CCCCCC(CCCC)(c1ccccc1)N(c1cccc(-n2[c-]cc(C(F)(F)F)n2)n1)c1cccc(-n2[c-]cc(C(F)(F)F)n2)n1.[Pt+2]. The van der Waals surface area contributed by atoms with E-state index in [1.165, 1.54) is 12.1 Å². The van der Waals surface area contributed by atoms with Crippen LogP contribution < -0.4 is 4.90 Å². The number of hydrogen-bond acceptors (Lipinski definition) is 5. The molecule has 0 spiro atoms. The van der Waals surface area contributed by atoms with Crippen LogP contribution in [0.3, 0.4) is 0 Å². The number of rotatable bonds is 13. The normalized spacial score (nSPS) is 13.2. The van der Waals surface area contributed by atoms with Crippen molar-refractivity contribution >= 4 is 11.6 Å². The standard InChI is InChI=1S/C34H33F6N7.Pt/c1-3-5-10-22-32(21-6-4-2,25-13-8-7-9-14-25)47(30-17-11-15-28(41-30)45-23-19-26(43-45)33(35,36)37)31-18-12-16-29(42-31)46-24-20-27(44-46)34(38,39)40;/h7-9,11-20H,3-6,10,21-22H2,1-2H3;/q-2;+2. The van der Waals surface area contributed by atoms with E-state index in [-0.39, 0.29) is 32.7 Å². The van der Waals surface area contributed by atoms with E-state index < -0.39 is 29.3 Å². The van der Waals surface area contributed by atoms with Crippen LogP contribution in [0, 0.1) is 12.4 Å². The number of unbranched alkanes of at least 4 members (excludes halogenated alkanes) is 3. The van der Waals surface area contributed by atoms with Gasteiger partial charge in [-0.2, -0.15) is 26.3 Å². The number of halogens is 6. The van der Waals surface area contributed by atoms with Crippen LogP contribution in [0.25, 0.3) is 11.6 Å². The Hall–Kier alpha value is -3.99. The maximum Gasteiger partial charge on any atom is 2.00 e. The Morgan fingerprint density at radius 1 is 0.625 bits per heavy atom. The van der Waals surface area contributed by atoms with Crippen LogP contribution in [-0.2, 0) is 39.0 Å². The van der Waals surface area contributed by atoms with Gasteiger partial charge >= 0.3 is 33.4 Å². The Labute approximate surface area is 289 Å². The second kappa shape index (κ2) is 15.5. The van der Waals surface area contributed by atoms with Crippen LogP contribution in [0.5, 0.6) is 0 Å². The Morgan fingerprint density at radius 3 is 1.54 bits per heavy atom. The molecule has 0 aliphatic heterocycles. The first-order valence-electron chi connectivity index (χ1n) is 15.4. The summed E-state index contributed by atoms with van der Waals surface area (Å²) in [6.07, 6.45) is 1.47. The number of alkyl halides is 6. The molecule has 5 rings (SSSR count). The number of nitrogens with zero attached hydrogens (tertiary/aromatic N) is 7. The van der Waals surface area contributed by atoms with E-state index in [0.717, 1.165) is 59.2 Å². The summed E-state index contributed by atoms with van der Waals surface area (Å²) in [5.41, 5.74) is -1.99. The van der Waals surface area contributed by atoms with Crippen molar-refractivity contribution in [3.05, 3.63) is 108 Å². The third-order valence-electron chi connectivity index (χ3n) is 7.85. The van der Waals surface area contributed by atoms with Crippen molar-refractivity contribution in [3.8, 4) is 11.6 Å². The molecule has 256 valence electrons. The molecule has 0 bridgehead atoms. The molecule has 0 saturated carbocycles. The summed E-state index contributed by atoms with van der Waals surface area (Å²) >= 11 is 0. The average Bonchev–Trinajstić information content (AvgIpc) is 3.76. The van der Waals surface area contributed by atoms with Gasteiger partial charge in [0.15, 0.2) is 0 Å². The maximum absolute atomic E-state index is 13.4. The minimum atomic E-state index is -4.66. The van der Waals surface area contributed by atoms with Gasteiger partial charge in [0.2, 0.25) is 0 Å². The van der Waals surface area contributed by atoms with Crippen LogP contribution in [-0.4, -0.2) is 29.5 Å². The topological polar surface area (TPSA) is 64.7 Å². The molecule has 1 aromatic carbocycles. The fraction of sp³-hybridized carbons (Fsp3) is 0.353. The molecule has 0 radical (unpaired) electrons. The second-order valence-electron chi connectivity index (χ2n) is 11.1. The van der Waals surface area contributed by atoms with Gasteiger partial charge in [-0.1, -0.05) is 113 Å². The summed E-state index contributed by atoms with van der Waals surface area (Å²) in [5.74, 6) is 0.920. The Kier molecular flexibility index (Phi) is 11.9. The summed E-state index contributed by atoms with van der Waals surface area (Å²) in [5, 5.41) is 7.33. The van der Waals surface area contributed by atoms with Crippen molar-refractivity contribution in [2.24, 2.45) is 0 Å². The van der Waals surface area contributed by atoms with Gasteiger partial charge in [-0.05, 0) is 30.5 Å². The molecule has 4 heterocycles. The van der Waals surface area contributed by atoms with Crippen LogP contribution in [0.1, 0.15) is 75.7 Å². The average molecular weight is 849 g/mol. The molecule has 14 heteroatoms. The van der Waals surface area contributed by atoms with Crippen molar-refractivity contribution in [2.75, 3.05) is 4.90 Å². The third-order valence-corrected chi connectivity index (χ3v) is 7.85. The van der Waals surface area contributed by atoms with Crippen LogP contribution in [0.15, 0.2) is 78.9 Å². The first kappa shape index (κ1) is 36.8. The number of aromatic nitrogens is 6. The second-order valence-corrected chi connectivity index (χ2v) is 11.1. The predicted octanol–water partition coefficient (Wildman–Crippen LogP) is 9.29. The van der Waals surface area contributed by atoms with E-state index in [1.807, 2.05) is 35.2 Å². The smallest absolute Gasteiger partial charge is 0.343 e. The quantitative estimate of drug-likeness (QED) is 0.0672. The molecule has 1 unspecified atom stereocenters. The Balaban J connectivity index is 0.00000520. The molecule has 48 heavy (non-hydrogen) atoms. The van der Waals surface area contributed by atoms with E-state index in [4.69, 9.17) is 9.97 Å². The van der Waals surface area contributed by atoms with Gasteiger partial charge in [0, 0.05) is 0 Å². The molecule has 0 aliphatic rings. The monoisotopic (exact) mass is 848 g/mol. The van der Waals surface area contributed by atoms with Crippen LogP contribution >= 0.6 is 0 Å². The zero-order chi connectivity index (χ0) is 33.7. The van der Waals surface area contributed by atoms with Gasteiger partial charge in [-0.3, -0.25) is 20.2 Å². The number of pyridine rings is 2. The number of benzene rings is 1. The summed E-state index contributed by atoms with van der Waals surface area (Å²) in [6.45, 7) is 4.19. The summed E-state index contributed by atoms with van der Waals surface area (Å²) in [4.78, 5) is 11.5. The third kappa shape index (κ3) is 8.17. The number of hydrogen-bond donors (Lipinski definition) is 0. The minimum absolute atomic E-state index is 0. The molecule has 4 aromatic heterocycles. The molecule has 0 saturated heterocycles. The Bertz CT molecular complexity index is 1660. The molecular formula is C34H33F6N7Pt. The maximum atomic E-state index is 13.4. The number of anilines is 2. The first-order chi connectivity index (χ1) is 22.5. The van der Waals surface area contributed by atoms with E-state index in [1.54, 1.807) is 24.3 Å². The molecule has 0 N–H and O–H groups in total. The zero-order valence-corrected chi connectivity index (χ0v) is 28.4. The molecule has 7 nitrogen and oxygen atoms in total. The van der Waals surface area contributed by atoms with E-state index in [2.05, 4.69) is 36.4 Å². The Morgan fingerprint density at radius 2 is 1.10 bits per heavy atom. The van der Waals surface area contributed by atoms with E-state index >= 15 is 0 Å². The predicted molar refractivity (Wildman–Crippen MR) is 164 cm³/mol. The first-order valence-corrected chi connectivity index (χ1v) is 15.4. The summed E-state index contributed by atoms with van der Waals surface area (Å²) < 4.78 is 82.3. The molecular weight excluding hydrogens is 815 g/mol. The van der Waals surface area contributed by atoms with Crippen molar-refractivity contribution in [1.29, 1.82) is 0 Å². The minimum Gasteiger partial charge on any atom is -0.343 e.